The van der Waals surface area contributed by atoms with Gasteiger partial charge in [-0.15, -0.1) is 0 Å². The van der Waals surface area contributed by atoms with Crippen molar-refractivity contribution in [2.45, 2.75) is 12.8 Å². The van der Waals surface area contributed by atoms with E-state index in [1.807, 2.05) is 19.0 Å². The highest BCUT2D eigenvalue weighted by Crippen LogP contribution is 2.42. The molecule has 41 heavy (non-hydrogen) atoms. The molecular formula is C32H36FN3O5. The average Bonchev–Trinajstić information content (AvgIpc) is 2.93. The summed E-state index contributed by atoms with van der Waals surface area (Å²) >= 11 is 0. The standard InChI is InChI=1S/C32H36FN3O5/c1-20-25(11-6-12-28(20)33)30-26(31(40)21-7-4-9-23(37)15-21)17-36(19-29(39)34-13-14-35(2)3)18-27(30)32(41)22-8-5-10-24(38)16-22/h4-12,15-16,26-27,30,37-38H,13-14,17-19H2,1-3H3,(H,34,39). The molecule has 1 fully saturated rings. The van der Waals surface area contributed by atoms with Gasteiger partial charge in [0, 0.05) is 55.1 Å². The third kappa shape index (κ3) is 7.17. The number of phenolic OH excluding ortho intramolecular Hbond substituents is 2. The summed E-state index contributed by atoms with van der Waals surface area (Å²) in [7, 11) is 3.81. The minimum atomic E-state index is -0.827. The fourth-order valence-corrected chi connectivity index (χ4v) is 5.60. The van der Waals surface area contributed by atoms with Crippen molar-refractivity contribution >= 4 is 17.5 Å². The highest BCUT2D eigenvalue weighted by Gasteiger charge is 2.46. The van der Waals surface area contributed by atoms with E-state index in [1.54, 1.807) is 48.2 Å². The van der Waals surface area contributed by atoms with Crippen molar-refractivity contribution < 1.29 is 29.0 Å². The fraction of sp³-hybridized carbons (Fsp3) is 0.344. The molecule has 0 saturated carbocycles. The van der Waals surface area contributed by atoms with Crippen molar-refractivity contribution in [2.75, 3.05) is 46.8 Å². The molecule has 216 valence electrons. The summed E-state index contributed by atoms with van der Waals surface area (Å²) in [6.45, 7) is 3.00. The van der Waals surface area contributed by atoms with Gasteiger partial charge in [-0.1, -0.05) is 36.4 Å². The Morgan fingerprint density at radius 3 is 1.95 bits per heavy atom. The lowest BCUT2D eigenvalue weighted by molar-refractivity contribution is -0.122. The number of piperidine rings is 1. The average molecular weight is 562 g/mol. The Balaban J connectivity index is 1.78. The minimum Gasteiger partial charge on any atom is -0.508 e. The maximum Gasteiger partial charge on any atom is 0.234 e. The van der Waals surface area contributed by atoms with Gasteiger partial charge in [0.15, 0.2) is 11.6 Å². The van der Waals surface area contributed by atoms with Gasteiger partial charge in [-0.25, -0.2) is 4.39 Å². The second kappa shape index (κ2) is 13.1. The van der Waals surface area contributed by atoms with E-state index in [2.05, 4.69) is 5.32 Å². The smallest absolute Gasteiger partial charge is 0.234 e. The maximum atomic E-state index is 14.9. The lowest BCUT2D eigenvalue weighted by Crippen LogP contribution is -2.53. The van der Waals surface area contributed by atoms with Gasteiger partial charge in [-0.3, -0.25) is 19.3 Å². The highest BCUT2D eigenvalue weighted by atomic mass is 19.1. The number of likely N-dealkylation sites (tertiary alicyclic amines) is 1. The van der Waals surface area contributed by atoms with Crippen LogP contribution in [0.3, 0.4) is 0 Å². The van der Waals surface area contributed by atoms with Crippen LogP contribution in [0.5, 0.6) is 11.5 Å². The molecule has 2 unspecified atom stereocenters. The quantitative estimate of drug-likeness (QED) is 0.325. The minimum absolute atomic E-state index is 0.0318. The Bertz CT molecular complexity index is 1360. The van der Waals surface area contributed by atoms with E-state index >= 15 is 0 Å². The zero-order valence-corrected chi connectivity index (χ0v) is 23.5. The van der Waals surface area contributed by atoms with Crippen molar-refractivity contribution in [3.8, 4) is 11.5 Å². The molecule has 8 nitrogen and oxygen atoms in total. The number of hydrogen-bond donors (Lipinski definition) is 3. The molecule has 0 bridgehead atoms. The highest BCUT2D eigenvalue weighted by molar-refractivity contribution is 6.02. The van der Waals surface area contributed by atoms with Crippen molar-refractivity contribution in [3.05, 3.63) is 94.8 Å². The van der Waals surface area contributed by atoms with Crippen LogP contribution in [-0.2, 0) is 4.79 Å². The molecule has 3 aromatic rings. The van der Waals surface area contributed by atoms with Crippen molar-refractivity contribution in [1.82, 2.24) is 15.1 Å². The predicted molar refractivity (Wildman–Crippen MR) is 154 cm³/mol. The lowest BCUT2D eigenvalue weighted by atomic mass is 9.67. The number of carbonyl (C=O) groups excluding carboxylic acids is 3. The molecule has 0 aliphatic carbocycles. The van der Waals surface area contributed by atoms with Gasteiger partial charge < -0.3 is 20.4 Å². The number of aromatic hydroxyl groups is 2. The molecule has 3 aromatic carbocycles. The van der Waals surface area contributed by atoms with Crippen LogP contribution in [0.4, 0.5) is 4.39 Å². The summed E-state index contributed by atoms with van der Waals surface area (Å²) in [5.41, 5.74) is 1.40. The molecule has 4 rings (SSSR count). The number of hydrogen-bond acceptors (Lipinski definition) is 7. The van der Waals surface area contributed by atoms with Gasteiger partial charge in [0.25, 0.3) is 0 Å². The molecule has 1 aliphatic heterocycles. The molecule has 0 radical (unpaired) electrons. The second-order valence-electron chi connectivity index (χ2n) is 10.9. The summed E-state index contributed by atoms with van der Waals surface area (Å²) in [4.78, 5) is 44.8. The van der Waals surface area contributed by atoms with Crippen LogP contribution in [0, 0.1) is 24.6 Å². The van der Waals surface area contributed by atoms with Gasteiger partial charge in [0.2, 0.25) is 5.91 Å². The van der Waals surface area contributed by atoms with Crippen molar-refractivity contribution in [2.24, 2.45) is 11.8 Å². The Morgan fingerprint density at radius 2 is 1.44 bits per heavy atom. The molecule has 0 aromatic heterocycles. The van der Waals surface area contributed by atoms with Crippen LogP contribution in [0.1, 0.15) is 37.8 Å². The summed E-state index contributed by atoms with van der Waals surface area (Å²) in [5, 5.41) is 23.0. The molecule has 1 heterocycles. The second-order valence-corrected chi connectivity index (χ2v) is 10.9. The third-order valence-electron chi connectivity index (χ3n) is 7.63. The first-order valence-electron chi connectivity index (χ1n) is 13.6. The summed E-state index contributed by atoms with van der Waals surface area (Å²) < 4.78 is 14.9. The van der Waals surface area contributed by atoms with E-state index in [0.29, 0.717) is 24.2 Å². The zero-order valence-electron chi connectivity index (χ0n) is 23.5. The monoisotopic (exact) mass is 561 g/mol. The summed E-state index contributed by atoms with van der Waals surface area (Å²) in [6, 6.07) is 16.6. The van der Waals surface area contributed by atoms with Gasteiger partial charge >= 0.3 is 0 Å². The number of amides is 1. The van der Waals surface area contributed by atoms with E-state index < -0.39 is 23.6 Å². The molecule has 0 spiro atoms. The fourth-order valence-electron chi connectivity index (χ4n) is 5.60. The topological polar surface area (TPSA) is 110 Å². The number of nitrogens with zero attached hydrogens (tertiary/aromatic N) is 2. The lowest BCUT2D eigenvalue weighted by Gasteiger charge is -2.43. The van der Waals surface area contributed by atoms with E-state index in [-0.39, 0.29) is 59.7 Å². The Morgan fingerprint density at radius 1 is 0.902 bits per heavy atom. The Labute approximate surface area is 239 Å². The van der Waals surface area contributed by atoms with Crippen LogP contribution in [-0.4, -0.2) is 84.3 Å². The maximum absolute atomic E-state index is 14.9. The Hall–Kier alpha value is -4.08. The number of likely N-dealkylation sites (N-methyl/N-ethyl adjacent to an activating group) is 1. The van der Waals surface area contributed by atoms with Gasteiger partial charge in [0.05, 0.1) is 6.54 Å². The molecular weight excluding hydrogens is 525 g/mol. The van der Waals surface area contributed by atoms with Gasteiger partial charge in [-0.05, 0) is 62.5 Å². The zero-order chi connectivity index (χ0) is 29.7. The first kappa shape index (κ1) is 29.9. The number of phenols is 2. The van der Waals surface area contributed by atoms with Gasteiger partial charge in [-0.2, -0.15) is 0 Å². The van der Waals surface area contributed by atoms with Gasteiger partial charge in [0.1, 0.15) is 17.3 Å². The molecule has 1 saturated heterocycles. The number of halogens is 1. The van der Waals surface area contributed by atoms with Crippen LogP contribution in [0.15, 0.2) is 66.7 Å². The number of ketones is 2. The molecule has 2 atom stereocenters. The van der Waals surface area contributed by atoms with Crippen molar-refractivity contribution in [1.29, 1.82) is 0 Å². The summed E-state index contributed by atoms with van der Waals surface area (Å²) in [6.07, 6.45) is 0. The first-order chi connectivity index (χ1) is 19.5. The van der Waals surface area contributed by atoms with Crippen LogP contribution >= 0.6 is 0 Å². The van der Waals surface area contributed by atoms with Crippen LogP contribution in [0.2, 0.25) is 0 Å². The van der Waals surface area contributed by atoms with E-state index in [9.17, 15) is 29.0 Å². The molecule has 3 N–H and O–H groups in total. The van der Waals surface area contributed by atoms with Crippen LogP contribution in [0.25, 0.3) is 0 Å². The predicted octanol–water partition coefficient (Wildman–Crippen LogP) is 3.62. The van der Waals surface area contributed by atoms with Crippen LogP contribution < -0.4 is 5.32 Å². The number of Topliss-reactive ketones (excluding diaryl/α,β-unsaturated/α-hetero) is 2. The number of nitrogens with one attached hydrogen (secondary N) is 1. The molecule has 9 heteroatoms. The molecule has 1 aliphatic rings. The van der Waals surface area contributed by atoms with E-state index in [4.69, 9.17) is 0 Å². The first-order valence-corrected chi connectivity index (χ1v) is 13.6. The van der Waals surface area contributed by atoms with E-state index in [1.165, 1.54) is 30.3 Å². The normalized spacial score (nSPS) is 19.2. The van der Waals surface area contributed by atoms with Crippen molar-refractivity contribution in [3.63, 3.8) is 0 Å². The molecule has 1 amide bonds. The summed E-state index contributed by atoms with van der Waals surface area (Å²) in [5.74, 6) is -3.84. The number of rotatable bonds is 10. The number of benzene rings is 3. The van der Waals surface area contributed by atoms with E-state index in [0.717, 1.165) is 0 Å². The SMILES string of the molecule is Cc1c(F)cccc1C1C(C(=O)c2cccc(O)c2)CN(CC(=O)NCCN(C)C)CC1C(=O)c1cccc(O)c1. The largest absolute Gasteiger partial charge is 0.508 e. The Kier molecular flexibility index (Phi) is 9.52. The number of carbonyl (C=O) groups is 3. The third-order valence-corrected chi connectivity index (χ3v) is 7.63.